The number of carbonyl (C=O) groups excluding carboxylic acids is 1. The Balaban J connectivity index is 1.79. The number of fused-ring (bicyclic) bond motifs is 3. The number of sulfonamides is 1. The van der Waals surface area contributed by atoms with Gasteiger partial charge in [0.1, 0.15) is 4.90 Å². The van der Waals surface area contributed by atoms with Crippen LogP contribution in [0.5, 0.6) is 0 Å². The Morgan fingerprint density at radius 1 is 0.812 bits per heavy atom. The van der Waals surface area contributed by atoms with Crippen molar-refractivity contribution < 1.29 is 13.2 Å². The molecule has 1 N–H and O–H groups in total. The monoisotopic (exact) mass is 441 g/mol. The second-order valence-corrected chi connectivity index (χ2v) is 9.30. The number of nitrogens with one attached hydrogen (secondary N) is 1. The van der Waals surface area contributed by atoms with Gasteiger partial charge >= 0.3 is 0 Å². The molecule has 0 spiro atoms. The summed E-state index contributed by atoms with van der Waals surface area (Å²) in [6, 6.07) is 18.7. The summed E-state index contributed by atoms with van der Waals surface area (Å²) in [4.78, 5) is 26.8. The summed E-state index contributed by atoms with van der Waals surface area (Å²) in [6.45, 7) is 0. The fourth-order valence-corrected chi connectivity index (χ4v) is 5.66. The number of pyridine rings is 1. The van der Waals surface area contributed by atoms with E-state index in [4.69, 9.17) is 0 Å². The van der Waals surface area contributed by atoms with Gasteiger partial charge in [-0.05, 0) is 23.8 Å². The maximum absolute atomic E-state index is 13.6. The summed E-state index contributed by atoms with van der Waals surface area (Å²) < 4.78 is 31.2. The van der Waals surface area contributed by atoms with Gasteiger partial charge in [-0.25, -0.2) is 0 Å². The molecule has 1 aliphatic carbocycles. The van der Waals surface area contributed by atoms with Crippen LogP contribution in [-0.4, -0.2) is 24.6 Å². The summed E-state index contributed by atoms with van der Waals surface area (Å²) in [5, 5.41) is 3.64. The van der Waals surface area contributed by atoms with Crippen LogP contribution in [0.3, 0.4) is 0 Å². The maximum atomic E-state index is 13.6. The van der Waals surface area contributed by atoms with Crippen molar-refractivity contribution in [2.75, 3.05) is 5.32 Å². The van der Waals surface area contributed by atoms with Crippen molar-refractivity contribution in [3.8, 4) is 11.1 Å². The van der Waals surface area contributed by atoms with Gasteiger partial charge in [-0.2, -0.15) is 8.42 Å². The van der Waals surface area contributed by atoms with Gasteiger partial charge in [-0.3, -0.25) is 9.59 Å². The van der Waals surface area contributed by atoms with Gasteiger partial charge in [0.2, 0.25) is 0 Å². The predicted octanol–water partition coefficient (Wildman–Crippen LogP) is 3.31. The van der Waals surface area contributed by atoms with Gasteiger partial charge in [0.15, 0.2) is 11.6 Å². The highest BCUT2D eigenvalue weighted by atomic mass is 32.2. The van der Waals surface area contributed by atoms with Crippen LogP contribution in [0.2, 0.25) is 0 Å². The molecule has 156 valence electrons. The minimum absolute atomic E-state index is 0.0475. The number of hydrogen-bond acceptors (Lipinski definition) is 5. The molecule has 0 fully saturated rings. The number of anilines is 1. The summed E-state index contributed by atoms with van der Waals surface area (Å²) in [6.07, 6.45) is 0. The van der Waals surface area contributed by atoms with Crippen molar-refractivity contribution in [1.29, 1.82) is 0 Å². The number of aromatic nitrogens is 1. The van der Waals surface area contributed by atoms with Crippen LogP contribution in [0.4, 0.5) is 5.69 Å². The molecule has 1 aliphatic heterocycles. The number of hydrogen-bond donors (Lipinski definition) is 1. The minimum atomic E-state index is -4.02. The van der Waals surface area contributed by atoms with Crippen molar-refractivity contribution in [3.63, 3.8) is 0 Å². The highest BCUT2D eigenvalue weighted by Crippen LogP contribution is 2.41. The van der Waals surface area contributed by atoms with E-state index in [9.17, 15) is 18.0 Å². The Morgan fingerprint density at radius 3 is 2.31 bits per heavy atom. The molecule has 0 amide bonds. The summed E-state index contributed by atoms with van der Waals surface area (Å²) in [5.74, 6) is -0.194. The third-order valence-corrected chi connectivity index (χ3v) is 7.31. The van der Waals surface area contributed by atoms with E-state index in [0.29, 0.717) is 38.8 Å². The van der Waals surface area contributed by atoms with Crippen LogP contribution in [0.1, 0.15) is 21.5 Å². The minimum Gasteiger partial charge on any atom is -0.338 e. The molecule has 2 heterocycles. The number of rotatable bonds is 1. The number of amidine groups is 1. The summed E-state index contributed by atoms with van der Waals surface area (Å²) in [7, 11) is -2.41. The molecule has 1 aromatic heterocycles. The molecule has 4 aromatic rings. The van der Waals surface area contributed by atoms with E-state index in [2.05, 4.69) is 9.71 Å². The average molecular weight is 441 g/mol. The first-order valence-electron chi connectivity index (χ1n) is 9.90. The van der Waals surface area contributed by atoms with Crippen molar-refractivity contribution in [2.24, 2.45) is 11.4 Å². The normalized spacial score (nSPS) is 15.5. The van der Waals surface area contributed by atoms with Crippen LogP contribution >= 0.6 is 0 Å². The first-order valence-corrected chi connectivity index (χ1v) is 11.3. The van der Waals surface area contributed by atoms with E-state index < -0.39 is 15.6 Å². The first-order chi connectivity index (χ1) is 15.4. The Hall–Kier alpha value is -4.04. The van der Waals surface area contributed by atoms with Crippen molar-refractivity contribution in [2.45, 2.75) is 4.90 Å². The topological polar surface area (TPSA) is 97.6 Å². The number of para-hydroxylation sites is 1. The van der Waals surface area contributed by atoms with Crippen LogP contribution < -0.4 is 10.9 Å². The SMILES string of the molecule is Cn1c(=O)c(C2=NS(=O)(=O)c3ccccc3N2)c2c3c(cccc31)C(=O)c1ccccc1-2. The molecular formula is C24H15N3O4S. The number of nitrogens with zero attached hydrogens (tertiary/aromatic N) is 2. The highest BCUT2D eigenvalue weighted by Gasteiger charge is 2.34. The number of carbonyl (C=O) groups is 1. The van der Waals surface area contributed by atoms with E-state index >= 15 is 0 Å². The Labute approximate surface area is 182 Å². The molecule has 8 heteroatoms. The third-order valence-electron chi connectivity index (χ3n) is 5.97. The van der Waals surface area contributed by atoms with Crippen molar-refractivity contribution in [1.82, 2.24) is 4.57 Å². The Bertz CT molecular complexity index is 1720. The maximum Gasteiger partial charge on any atom is 0.286 e. The molecule has 0 bridgehead atoms. The van der Waals surface area contributed by atoms with Crippen LogP contribution in [0, 0.1) is 0 Å². The third kappa shape index (κ3) is 2.35. The lowest BCUT2D eigenvalue weighted by atomic mass is 9.82. The second-order valence-electron chi connectivity index (χ2n) is 7.72. The quantitative estimate of drug-likeness (QED) is 0.430. The van der Waals surface area contributed by atoms with Gasteiger partial charge in [-0.1, -0.05) is 48.5 Å². The molecule has 32 heavy (non-hydrogen) atoms. The van der Waals surface area contributed by atoms with Crippen LogP contribution in [-0.2, 0) is 17.1 Å². The predicted molar refractivity (Wildman–Crippen MR) is 122 cm³/mol. The molecule has 0 radical (unpaired) electrons. The molecule has 3 aromatic carbocycles. The number of aryl methyl sites for hydroxylation is 1. The van der Waals surface area contributed by atoms with E-state index in [1.54, 1.807) is 67.7 Å². The highest BCUT2D eigenvalue weighted by molar-refractivity contribution is 7.90. The van der Waals surface area contributed by atoms with E-state index in [1.165, 1.54) is 10.6 Å². The average Bonchev–Trinajstić information content (AvgIpc) is 2.79. The zero-order valence-corrected chi connectivity index (χ0v) is 17.6. The van der Waals surface area contributed by atoms with Crippen LogP contribution in [0.15, 0.2) is 80.8 Å². The Kier molecular flexibility index (Phi) is 3.65. The van der Waals surface area contributed by atoms with Gasteiger partial charge in [0, 0.05) is 29.1 Å². The summed E-state index contributed by atoms with van der Waals surface area (Å²) >= 11 is 0. The van der Waals surface area contributed by atoms with Gasteiger partial charge in [0.25, 0.3) is 15.6 Å². The lowest BCUT2D eigenvalue weighted by molar-refractivity contribution is 0.104. The van der Waals surface area contributed by atoms with Gasteiger partial charge in [0.05, 0.1) is 16.8 Å². The molecule has 0 unspecified atom stereocenters. The zero-order valence-electron chi connectivity index (χ0n) is 16.8. The van der Waals surface area contributed by atoms with Gasteiger partial charge < -0.3 is 9.88 Å². The van der Waals surface area contributed by atoms with E-state index in [0.717, 1.165) is 0 Å². The summed E-state index contributed by atoms with van der Waals surface area (Å²) in [5.41, 5.74) is 2.66. The smallest absolute Gasteiger partial charge is 0.286 e. The van der Waals surface area contributed by atoms with Gasteiger partial charge in [-0.15, -0.1) is 4.40 Å². The molecular weight excluding hydrogens is 426 g/mol. The molecule has 6 rings (SSSR count). The zero-order chi connectivity index (χ0) is 22.2. The molecule has 7 nitrogen and oxygen atoms in total. The molecule has 2 aliphatic rings. The first kappa shape index (κ1) is 18.7. The van der Waals surface area contributed by atoms with Crippen molar-refractivity contribution in [3.05, 3.63) is 93.8 Å². The fraction of sp³-hybridized carbons (Fsp3) is 0.0417. The van der Waals surface area contributed by atoms with Crippen molar-refractivity contribution >= 4 is 38.2 Å². The standard InChI is InChI=1S/C24H15N3O4S/c1-27-17-11-6-9-15-19(17)20(13-7-2-3-8-14(13)22(15)28)21(24(27)29)23-25-16-10-4-5-12-18(16)32(30,31)26-23/h2-12H,1H3,(H,25,26). The number of benzene rings is 3. The molecule has 0 atom stereocenters. The Morgan fingerprint density at radius 2 is 1.50 bits per heavy atom. The molecule has 0 saturated carbocycles. The second kappa shape index (κ2) is 6.24. The lowest BCUT2D eigenvalue weighted by Crippen LogP contribution is -2.33. The fourth-order valence-electron chi connectivity index (χ4n) is 4.54. The van der Waals surface area contributed by atoms with Crippen LogP contribution in [0.25, 0.3) is 22.0 Å². The lowest BCUT2D eigenvalue weighted by Gasteiger charge is -2.25. The molecule has 0 saturated heterocycles. The van der Waals surface area contributed by atoms with E-state index in [1.807, 2.05) is 0 Å². The number of ketones is 1. The largest absolute Gasteiger partial charge is 0.338 e. The van der Waals surface area contributed by atoms with E-state index in [-0.39, 0.29) is 22.1 Å².